The molecule has 2 aromatic carbocycles. The predicted octanol–water partition coefficient (Wildman–Crippen LogP) is 3.37. The van der Waals surface area contributed by atoms with Gasteiger partial charge < -0.3 is 19.7 Å². The minimum Gasteiger partial charge on any atom is -0.496 e. The Morgan fingerprint density at radius 1 is 1.14 bits per heavy atom. The first-order valence-corrected chi connectivity index (χ1v) is 9.71. The molecule has 1 fully saturated rings. The summed E-state index contributed by atoms with van der Waals surface area (Å²) >= 11 is 0. The summed E-state index contributed by atoms with van der Waals surface area (Å²) in [5.41, 5.74) is 2.87. The number of anilines is 1. The van der Waals surface area contributed by atoms with Crippen LogP contribution in [0, 0.1) is 6.92 Å². The normalized spacial score (nSPS) is 14.5. The first kappa shape index (κ1) is 20.2. The third-order valence-corrected chi connectivity index (χ3v) is 5.02. The third-order valence-electron chi connectivity index (χ3n) is 5.02. The summed E-state index contributed by atoms with van der Waals surface area (Å²) < 4.78 is 10.9. The summed E-state index contributed by atoms with van der Waals surface area (Å²) in [5.74, 6) is 0.794. The largest absolute Gasteiger partial charge is 0.496 e. The molecule has 0 aromatic heterocycles. The third kappa shape index (κ3) is 5.47. The van der Waals surface area contributed by atoms with Gasteiger partial charge in [-0.15, -0.1) is 0 Å². The van der Waals surface area contributed by atoms with Gasteiger partial charge in [0.15, 0.2) is 0 Å². The van der Waals surface area contributed by atoms with Crippen LogP contribution in [0.25, 0.3) is 0 Å². The fourth-order valence-electron chi connectivity index (χ4n) is 3.29. The Morgan fingerprint density at radius 2 is 1.86 bits per heavy atom. The molecule has 2 aromatic rings. The monoisotopic (exact) mass is 383 g/mol. The zero-order valence-electron chi connectivity index (χ0n) is 16.7. The van der Waals surface area contributed by atoms with E-state index in [-0.39, 0.29) is 6.03 Å². The van der Waals surface area contributed by atoms with Crippen LogP contribution in [0.1, 0.15) is 11.1 Å². The van der Waals surface area contributed by atoms with Crippen LogP contribution in [0.4, 0.5) is 10.5 Å². The number of nitrogens with one attached hydrogen (secondary N) is 1. The number of methoxy groups -OCH3 is 1. The Kier molecular flexibility index (Phi) is 7.28. The number of carbonyl (C=O) groups excluding carboxylic acids is 1. The standard InChI is InChI=1S/C22H29N3O3/c1-18-7-3-5-9-20(18)23-22(26)25(12-11-24-13-15-28-16-14-24)17-19-8-4-6-10-21(19)27-2/h3-10H,11-17H2,1-2H3,(H,23,26). The molecule has 150 valence electrons. The molecule has 1 aliphatic heterocycles. The van der Waals surface area contributed by atoms with E-state index in [1.165, 1.54) is 0 Å². The van der Waals surface area contributed by atoms with E-state index >= 15 is 0 Å². The topological polar surface area (TPSA) is 54.0 Å². The van der Waals surface area contributed by atoms with Gasteiger partial charge in [0.25, 0.3) is 0 Å². The highest BCUT2D eigenvalue weighted by Crippen LogP contribution is 2.20. The molecular weight excluding hydrogens is 354 g/mol. The quantitative estimate of drug-likeness (QED) is 0.797. The number of ether oxygens (including phenoxy) is 2. The van der Waals surface area contributed by atoms with Crippen molar-refractivity contribution < 1.29 is 14.3 Å². The van der Waals surface area contributed by atoms with Crippen molar-refractivity contribution in [2.24, 2.45) is 0 Å². The number of aryl methyl sites for hydroxylation is 1. The molecule has 0 aliphatic carbocycles. The number of hydrogen-bond donors (Lipinski definition) is 1. The molecule has 1 aliphatic rings. The second-order valence-corrected chi connectivity index (χ2v) is 6.93. The van der Waals surface area contributed by atoms with E-state index in [2.05, 4.69) is 10.2 Å². The highest BCUT2D eigenvalue weighted by molar-refractivity contribution is 5.90. The summed E-state index contributed by atoms with van der Waals surface area (Å²) in [6, 6.07) is 15.6. The summed E-state index contributed by atoms with van der Waals surface area (Å²) in [4.78, 5) is 17.3. The molecule has 0 radical (unpaired) electrons. The van der Waals surface area contributed by atoms with Gasteiger partial charge >= 0.3 is 6.03 Å². The van der Waals surface area contributed by atoms with E-state index in [0.29, 0.717) is 13.1 Å². The van der Waals surface area contributed by atoms with Crippen molar-refractivity contribution in [1.29, 1.82) is 0 Å². The number of carbonyl (C=O) groups is 1. The van der Waals surface area contributed by atoms with E-state index in [1.807, 2.05) is 60.4 Å². The van der Waals surface area contributed by atoms with Gasteiger partial charge in [-0.25, -0.2) is 4.79 Å². The average Bonchev–Trinajstić information content (AvgIpc) is 2.73. The number of hydrogen-bond acceptors (Lipinski definition) is 4. The maximum Gasteiger partial charge on any atom is 0.322 e. The molecule has 0 bridgehead atoms. The van der Waals surface area contributed by atoms with E-state index < -0.39 is 0 Å². The average molecular weight is 383 g/mol. The Labute approximate surface area is 167 Å². The number of amides is 2. The minimum absolute atomic E-state index is 0.103. The Bertz CT molecular complexity index is 775. The van der Waals surface area contributed by atoms with E-state index in [1.54, 1.807) is 7.11 Å². The van der Waals surface area contributed by atoms with Gasteiger partial charge in [-0.05, 0) is 24.6 Å². The van der Waals surface area contributed by atoms with Gasteiger partial charge in [-0.3, -0.25) is 4.90 Å². The molecule has 1 heterocycles. The van der Waals surface area contributed by atoms with Crippen LogP contribution in [-0.2, 0) is 11.3 Å². The molecule has 2 amide bonds. The van der Waals surface area contributed by atoms with Gasteiger partial charge in [-0.1, -0.05) is 36.4 Å². The molecule has 28 heavy (non-hydrogen) atoms. The molecule has 3 rings (SSSR count). The first-order chi connectivity index (χ1) is 13.7. The van der Waals surface area contributed by atoms with Crippen molar-refractivity contribution in [3.63, 3.8) is 0 Å². The van der Waals surface area contributed by atoms with Crippen molar-refractivity contribution in [3.05, 3.63) is 59.7 Å². The highest BCUT2D eigenvalue weighted by atomic mass is 16.5. The molecular formula is C22H29N3O3. The molecule has 0 unspecified atom stereocenters. The molecule has 6 nitrogen and oxygen atoms in total. The predicted molar refractivity (Wildman–Crippen MR) is 111 cm³/mol. The van der Waals surface area contributed by atoms with Crippen LogP contribution in [0.2, 0.25) is 0 Å². The molecule has 0 atom stereocenters. The molecule has 0 saturated carbocycles. The minimum atomic E-state index is -0.103. The lowest BCUT2D eigenvalue weighted by atomic mass is 10.2. The van der Waals surface area contributed by atoms with Gasteiger partial charge in [0, 0.05) is 37.4 Å². The summed E-state index contributed by atoms with van der Waals surface area (Å²) in [5, 5.41) is 3.06. The van der Waals surface area contributed by atoms with Crippen LogP contribution in [0.15, 0.2) is 48.5 Å². The maximum atomic E-state index is 13.1. The smallest absolute Gasteiger partial charge is 0.322 e. The fourth-order valence-corrected chi connectivity index (χ4v) is 3.29. The lowest BCUT2D eigenvalue weighted by Crippen LogP contribution is -2.44. The van der Waals surface area contributed by atoms with Gasteiger partial charge in [-0.2, -0.15) is 0 Å². The maximum absolute atomic E-state index is 13.1. The fraction of sp³-hybridized carbons (Fsp3) is 0.409. The molecule has 1 saturated heterocycles. The number of benzene rings is 2. The number of morpholine rings is 1. The Balaban J connectivity index is 1.72. The summed E-state index contributed by atoms with van der Waals surface area (Å²) in [6.45, 7) is 7.25. The van der Waals surface area contributed by atoms with Crippen molar-refractivity contribution in [1.82, 2.24) is 9.80 Å². The van der Waals surface area contributed by atoms with E-state index in [0.717, 1.165) is 55.4 Å². The number of para-hydroxylation sites is 2. The van der Waals surface area contributed by atoms with Crippen molar-refractivity contribution in [2.45, 2.75) is 13.5 Å². The van der Waals surface area contributed by atoms with E-state index in [9.17, 15) is 4.79 Å². The van der Waals surface area contributed by atoms with Crippen molar-refractivity contribution in [3.8, 4) is 5.75 Å². The van der Waals surface area contributed by atoms with Crippen LogP contribution >= 0.6 is 0 Å². The highest BCUT2D eigenvalue weighted by Gasteiger charge is 2.19. The SMILES string of the molecule is COc1ccccc1CN(CCN1CCOCC1)C(=O)Nc1ccccc1C. The zero-order valence-corrected chi connectivity index (χ0v) is 16.7. The van der Waals surface area contributed by atoms with Gasteiger partial charge in [0.1, 0.15) is 5.75 Å². The van der Waals surface area contributed by atoms with Crippen LogP contribution in [-0.4, -0.2) is 62.3 Å². The zero-order chi connectivity index (χ0) is 19.8. The van der Waals surface area contributed by atoms with Gasteiger partial charge in [0.2, 0.25) is 0 Å². The van der Waals surface area contributed by atoms with Crippen LogP contribution < -0.4 is 10.1 Å². The first-order valence-electron chi connectivity index (χ1n) is 9.71. The van der Waals surface area contributed by atoms with Crippen molar-refractivity contribution in [2.75, 3.05) is 51.8 Å². The number of nitrogens with zero attached hydrogens (tertiary/aromatic N) is 2. The van der Waals surface area contributed by atoms with Gasteiger partial charge in [0.05, 0.1) is 26.9 Å². The Hall–Kier alpha value is -2.57. The van der Waals surface area contributed by atoms with Crippen molar-refractivity contribution >= 4 is 11.7 Å². The summed E-state index contributed by atoms with van der Waals surface area (Å²) in [6.07, 6.45) is 0. The van der Waals surface area contributed by atoms with Crippen LogP contribution in [0.3, 0.4) is 0 Å². The summed E-state index contributed by atoms with van der Waals surface area (Å²) in [7, 11) is 1.66. The molecule has 1 N–H and O–H groups in total. The Morgan fingerprint density at radius 3 is 2.61 bits per heavy atom. The number of urea groups is 1. The second-order valence-electron chi connectivity index (χ2n) is 6.93. The lowest BCUT2D eigenvalue weighted by molar-refractivity contribution is 0.0349. The number of rotatable bonds is 7. The molecule has 0 spiro atoms. The van der Waals surface area contributed by atoms with E-state index in [4.69, 9.17) is 9.47 Å². The molecule has 6 heteroatoms. The van der Waals surface area contributed by atoms with Crippen LogP contribution in [0.5, 0.6) is 5.75 Å². The lowest BCUT2D eigenvalue weighted by Gasteiger charge is -2.30. The second kappa shape index (κ2) is 10.1.